The van der Waals surface area contributed by atoms with Crippen LogP contribution in [0.1, 0.15) is 219 Å². The smallest absolute Gasteiger partial charge is 0.313 e. The fourth-order valence-electron chi connectivity index (χ4n) is 5.62. The maximum atomic E-state index is 11.9. The van der Waals surface area contributed by atoms with Gasteiger partial charge < -0.3 is 4.74 Å². The summed E-state index contributed by atoms with van der Waals surface area (Å²) in [4.78, 5) is 23.9. The summed E-state index contributed by atoms with van der Waals surface area (Å²) in [6.07, 6.45) is 48.1. The van der Waals surface area contributed by atoms with Crippen LogP contribution in [0.5, 0.6) is 0 Å². The van der Waals surface area contributed by atoms with Crippen molar-refractivity contribution in [2.75, 3.05) is 0 Å². The first kappa shape index (κ1) is 41.6. The SMILES string of the molecule is CCCCCCCC/C=C/CCCCCCCCCC(=O)OC(=O)CCCCCCCC/C=C/CCCCCCCCC. The number of allylic oxidation sites excluding steroid dienone is 4. The van der Waals surface area contributed by atoms with Gasteiger partial charge in [0.15, 0.2) is 0 Å². The number of ether oxygens (including phenoxy) is 1. The number of unbranched alkanes of at least 4 members (excludes halogenated alkanes) is 26. The van der Waals surface area contributed by atoms with Crippen LogP contribution in [0.2, 0.25) is 0 Å². The molecule has 0 aliphatic carbocycles. The molecule has 0 fully saturated rings. The highest BCUT2D eigenvalue weighted by Crippen LogP contribution is 2.13. The lowest BCUT2D eigenvalue weighted by molar-refractivity contribution is -0.159. The van der Waals surface area contributed by atoms with Crippen molar-refractivity contribution in [2.45, 2.75) is 219 Å². The van der Waals surface area contributed by atoms with E-state index in [9.17, 15) is 9.59 Å². The summed E-state index contributed by atoms with van der Waals surface area (Å²) in [6.45, 7) is 4.55. The molecule has 0 aliphatic rings. The Morgan fingerprint density at radius 3 is 0.860 bits per heavy atom. The average Bonchev–Trinajstić information content (AvgIpc) is 3.00. The lowest BCUT2D eigenvalue weighted by Gasteiger charge is -2.04. The van der Waals surface area contributed by atoms with Crippen LogP contribution >= 0.6 is 0 Å². The zero-order valence-corrected chi connectivity index (χ0v) is 29.2. The Balaban J connectivity index is 3.34. The van der Waals surface area contributed by atoms with Crippen molar-refractivity contribution in [3.8, 4) is 0 Å². The summed E-state index contributed by atoms with van der Waals surface area (Å²) in [6, 6.07) is 0. The van der Waals surface area contributed by atoms with E-state index < -0.39 is 0 Å². The van der Waals surface area contributed by atoms with E-state index in [4.69, 9.17) is 4.74 Å². The molecule has 0 aromatic carbocycles. The van der Waals surface area contributed by atoms with E-state index in [0.717, 1.165) is 25.7 Å². The van der Waals surface area contributed by atoms with Crippen molar-refractivity contribution >= 4 is 11.9 Å². The van der Waals surface area contributed by atoms with Gasteiger partial charge in [-0.2, -0.15) is 0 Å². The van der Waals surface area contributed by atoms with Gasteiger partial charge in [0.25, 0.3) is 0 Å². The molecule has 0 bridgehead atoms. The van der Waals surface area contributed by atoms with Gasteiger partial charge in [-0.3, -0.25) is 9.59 Å². The van der Waals surface area contributed by atoms with Crippen LogP contribution < -0.4 is 0 Å². The molecule has 0 saturated carbocycles. The molecule has 0 rings (SSSR count). The first-order chi connectivity index (χ1) is 21.2. The zero-order chi connectivity index (χ0) is 31.3. The molecule has 0 amide bonds. The van der Waals surface area contributed by atoms with Crippen LogP contribution in [-0.4, -0.2) is 11.9 Å². The van der Waals surface area contributed by atoms with Gasteiger partial charge in [0.2, 0.25) is 0 Å². The standard InChI is InChI=1S/C40H74O3/c1-3-5-7-9-11-13-15-17-19-21-23-25-27-29-31-33-35-37-39(41)43-40(42)38-36-34-32-30-28-26-24-22-20-18-16-14-12-10-8-6-4-2/h17,19-20,22H,3-16,18,21,23-38H2,1-2H3/b19-17+,22-20+. The summed E-state index contributed by atoms with van der Waals surface area (Å²) in [5, 5.41) is 0. The molecule has 0 saturated heterocycles. The van der Waals surface area contributed by atoms with E-state index in [0.29, 0.717) is 12.8 Å². The molecular weight excluding hydrogens is 528 g/mol. The summed E-state index contributed by atoms with van der Waals surface area (Å²) in [5.41, 5.74) is 0. The second kappa shape index (κ2) is 36.8. The first-order valence-electron chi connectivity index (χ1n) is 19.2. The lowest BCUT2D eigenvalue weighted by atomic mass is 10.1. The van der Waals surface area contributed by atoms with Gasteiger partial charge in [0.1, 0.15) is 0 Å². The second-order valence-corrected chi connectivity index (χ2v) is 12.9. The molecule has 0 heterocycles. The Morgan fingerprint density at radius 1 is 0.349 bits per heavy atom. The van der Waals surface area contributed by atoms with Crippen molar-refractivity contribution in [2.24, 2.45) is 0 Å². The Hall–Kier alpha value is -1.38. The molecule has 0 atom stereocenters. The Kier molecular flexibility index (Phi) is 35.6. The Morgan fingerprint density at radius 2 is 0.581 bits per heavy atom. The monoisotopic (exact) mass is 603 g/mol. The van der Waals surface area contributed by atoms with Gasteiger partial charge in [-0.25, -0.2) is 0 Å². The van der Waals surface area contributed by atoms with Crippen molar-refractivity contribution in [3.05, 3.63) is 24.3 Å². The molecule has 43 heavy (non-hydrogen) atoms. The minimum Gasteiger partial charge on any atom is -0.393 e. The molecule has 0 aromatic heterocycles. The molecular formula is C40H74O3. The van der Waals surface area contributed by atoms with E-state index in [2.05, 4.69) is 38.2 Å². The van der Waals surface area contributed by atoms with Gasteiger partial charge in [-0.05, 0) is 64.2 Å². The third-order valence-electron chi connectivity index (χ3n) is 8.51. The molecule has 0 radical (unpaired) electrons. The molecule has 252 valence electrons. The number of hydrogen-bond donors (Lipinski definition) is 0. The molecule has 0 aromatic rings. The van der Waals surface area contributed by atoms with Crippen molar-refractivity contribution in [3.63, 3.8) is 0 Å². The number of hydrogen-bond acceptors (Lipinski definition) is 3. The van der Waals surface area contributed by atoms with Gasteiger partial charge in [-0.15, -0.1) is 0 Å². The van der Waals surface area contributed by atoms with Gasteiger partial charge in [0, 0.05) is 12.8 Å². The molecule has 0 N–H and O–H groups in total. The highest BCUT2D eigenvalue weighted by molar-refractivity contribution is 5.85. The maximum absolute atomic E-state index is 11.9. The van der Waals surface area contributed by atoms with E-state index in [1.165, 1.54) is 167 Å². The Bertz CT molecular complexity index is 636. The number of rotatable bonds is 34. The highest BCUT2D eigenvalue weighted by Gasteiger charge is 2.09. The van der Waals surface area contributed by atoms with Crippen LogP contribution in [0, 0.1) is 0 Å². The van der Waals surface area contributed by atoms with E-state index >= 15 is 0 Å². The van der Waals surface area contributed by atoms with Crippen LogP contribution in [0.3, 0.4) is 0 Å². The summed E-state index contributed by atoms with van der Waals surface area (Å²) in [5.74, 6) is -0.671. The third kappa shape index (κ3) is 36.7. The highest BCUT2D eigenvalue weighted by atomic mass is 16.6. The minimum atomic E-state index is -0.336. The van der Waals surface area contributed by atoms with Crippen LogP contribution in [0.4, 0.5) is 0 Å². The van der Waals surface area contributed by atoms with Crippen molar-refractivity contribution in [1.82, 2.24) is 0 Å². The summed E-state index contributed by atoms with van der Waals surface area (Å²) in [7, 11) is 0. The maximum Gasteiger partial charge on any atom is 0.313 e. The van der Waals surface area contributed by atoms with E-state index in [-0.39, 0.29) is 11.9 Å². The largest absolute Gasteiger partial charge is 0.393 e. The predicted octanol–water partition coefficient (Wildman–Crippen LogP) is 13.7. The van der Waals surface area contributed by atoms with E-state index in [1.807, 2.05) is 0 Å². The quantitative estimate of drug-likeness (QED) is 0.0318. The summed E-state index contributed by atoms with van der Waals surface area (Å²) >= 11 is 0. The fourth-order valence-corrected chi connectivity index (χ4v) is 5.62. The Labute approximate surface area is 269 Å². The molecule has 0 unspecified atom stereocenters. The van der Waals surface area contributed by atoms with Crippen molar-refractivity contribution < 1.29 is 14.3 Å². The molecule has 3 nitrogen and oxygen atoms in total. The second-order valence-electron chi connectivity index (χ2n) is 12.9. The number of esters is 2. The number of carbonyl (C=O) groups is 2. The van der Waals surface area contributed by atoms with Crippen LogP contribution in [0.25, 0.3) is 0 Å². The van der Waals surface area contributed by atoms with Gasteiger partial charge >= 0.3 is 11.9 Å². The molecule has 0 aliphatic heterocycles. The summed E-state index contributed by atoms with van der Waals surface area (Å²) < 4.78 is 5.02. The first-order valence-corrected chi connectivity index (χ1v) is 19.2. The van der Waals surface area contributed by atoms with E-state index in [1.54, 1.807) is 0 Å². The molecule has 0 spiro atoms. The number of carbonyl (C=O) groups excluding carboxylic acids is 2. The predicted molar refractivity (Wildman–Crippen MR) is 188 cm³/mol. The van der Waals surface area contributed by atoms with Crippen molar-refractivity contribution in [1.29, 1.82) is 0 Å². The minimum absolute atomic E-state index is 0.335. The molecule has 3 heteroatoms. The van der Waals surface area contributed by atoms with Gasteiger partial charge in [0.05, 0.1) is 0 Å². The lowest BCUT2D eigenvalue weighted by Crippen LogP contribution is -2.11. The van der Waals surface area contributed by atoms with Gasteiger partial charge in [-0.1, -0.05) is 167 Å². The topological polar surface area (TPSA) is 43.4 Å². The normalized spacial score (nSPS) is 11.7. The van der Waals surface area contributed by atoms with Crippen LogP contribution in [0.15, 0.2) is 24.3 Å². The third-order valence-corrected chi connectivity index (χ3v) is 8.51. The average molecular weight is 603 g/mol. The fraction of sp³-hybridized carbons (Fsp3) is 0.850. The van der Waals surface area contributed by atoms with Crippen LogP contribution in [-0.2, 0) is 14.3 Å². The zero-order valence-electron chi connectivity index (χ0n) is 29.2.